The van der Waals surface area contributed by atoms with Crippen LogP contribution < -0.4 is 5.32 Å². The molecule has 19 heavy (non-hydrogen) atoms. The van der Waals surface area contributed by atoms with Crippen LogP contribution in [-0.4, -0.2) is 55.3 Å². The van der Waals surface area contributed by atoms with Gasteiger partial charge in [-0.1, -0.05) is 13.3 Å². The predicted molar refractivity (Wildman–Crippen MR) is 77.2 cm³/mol. The third-order valence-electron chi connectivity index (χ3n) is 4.36. The van der Waals surface area contributed by atoms with E-state index < -0.39 is 10.2 Å². The average Bonchev–Trinajstić information content (AvgIpc) is 2.40. The summed E-state index contributed by atoms with van der Waals surface area (Å²) in [5.41, 5.74) is 0. The lowest BCUT2D eigenvalue weighted by Crippen LogP contribution is -2.54. The minimum Gasteiger partial charge on any atom is -0.317 e. The Morgan fingerprint density at radius 1 is 1.21 bits per heavy atom. The highest BCUT2D eigenvalue weighted by molar-refractivity contribution is 7.86. The van der Waals surface area contributed by atoms with Gasteiger partial charge >= 0.3 is 0 Å². The van der Waals surface area contributed by atoms with E-state index in [0.29, 0.717) is 13.1 Å². The third-order valence-corrected chi connectivity index (χ3v) is 6.65. The molecule has 1 N–H and O–H groups in total. The van der Waals surface area contributed by atoms with Gasteiger partial charge in [0.2, 0.25) is 0 Å². The van der Waals surface area contributed by atoms with Crippen LogP contribution in [0, 0.1) is 0 Å². The van der Waals surface area contributed by atoms with Gasteiger partial charge in [0.15, 0.2) is 0 Å². The molecule has 2 saturated heterocycles. The molecule has 1 unspecified atom stereocenters. The molecule has 1 atom stereocenters. The van der Waals surface area contributed by atoms with Crippen LogP contribution in [0.1, 0.15) is 46.0 Å². The molecule has 0 aromatic heterocycles. The first kappa shape index (κ1) is 15.2. The van der Waals surface area contributed by atoms with Gasteiger partial charge in [0.05, 0.1) is 0 Å². The summed E-state index contributed by atoms with van der Waals surface area (Å²) in [6.45, 7) is 7.10. The molecule has 2 aliphatic heterocycles. The summed E-state index contributed by atoms with van der Waals surface area (Å²) in [6.07, 6.45) is 4.98. The highest BCUT2D eigenvalue weighted by atomic mass is 32.2. The molecule has 0 aliphatic carbocycles. The summed E-state index contributed by atoms with van der Waals surface area (Å²) in [5, 5.41) is 3.30. The van der Waals surface area contributed by atoms with Crippen molar-refractivity contribution in [1.29, 1.82) is 0 Å². The molecule has 0 aromatic rings. The van der Waals surface area contributed by atoms with Crippen molar-refractivity contribution >= 4 is 10.2 Å². The van der Waals surface area contributed by atoms with Crippen LogP contribution in [0.25, 0.3) is 0 Å². The smallest absolute Gasteiger partial charge is 0.282 e. The number of hydrogen-bond donors (Lipinski definition) is 1. The number of rotatable bonds is 4. The van der Waals surface area contributed by atoms with E-state index in [4.69, 9.17) is 0 Å². The number of nitrogens with one attached hydrogen (secondary N) is 1. The fourth-order valence-electron chi connectivity index (χ4n) is 3.25. The van der Waals surface area contributed by atoms with E-state index in [-0.39, 0.29) is 12.1 Å². The summed E-state index contributed by atoms with van der Waals surface area (Å²) < 4.78 is 29.2. The third kappa shape index (κ3) is 3.29. The molecule has 0 bridgehead atoms. The van der Waals surface area contributed by atoms with E-state index in [9.17, 15) is 8.42 Å². The molecule has 6 heteroatoms. The summed E-state index contributed by atoms with van der Waals surface area (Å²) >= 11 is 0. The monoisotopic (exact) mass is 289 g/mol. The van der Waals surface area contributed by atoms with Gasteiger partial charge in [-0.25, -0.2) is 0 Å². The summed E-state index contributed by atoms with van der Waals surface area (Å²) in [7, 11) is -3.28. The van der Waals surface area contributed by atoms with E-state index in [1.54, 1.807) is 8.61 Å². The Morgan fingerprint density at radius 2 is 1.89 bits per heavy atom. The van der Waals surface area contributed by atoms with Gasteiger partial charge < -0.3 is 5.32 Å². The zero-order valence-corrected chi connectivity index (χ0v) is 13.0. The SMILES string of the molecule is CCN(C1CCNCC1)S(=O)(=O)N1CCCCC1C. The Kier molecular flexibility index (Phi) is 5.22. The second-order valence-electron chi connectivity index (χ2n) is 5.65. The largest absolute Gasteiger partial charge is 0.317 e. The average molecular weight is 289 g/mol. The minimum absolute atomic E-state index is 0.148. The maximum atomic E-state index is 12.9. The number of hydrogen-bond acceptors (Lipinski definition) is 3. The van der Waals surface area contributed by atoms with E-state index in [1.807, 2.05) is 13.8 Å². The highest BCUT2D eigenvalue weighted by Crippen LogP contribution is 2.25. The van der Waals surface area contributed by atoms with Crippen molar-refractivity contribution in [2.24, 2.45) is 0 Å². The highest BCUT2D eigenvalue weighted by Gasteiger charge is 2.37. The fourth-order valence-corrected chi connectivity index (χ4v) is 5.36. The molecule has 0 saturated carbocycles. The summed E-state index contributed by atoms with van der Waals surface area (Å²) in [4.78, 5) is 0. The van der Waals surface area contributed by atoms with Crippen molar-refractivity contribution in [3.05, 3.63) is 0 Å². The van der Waals surface area contributed by atoms with Gasteiger partial charge in [-0.3, -0.25) is 0 Å². The molecular formula is C13H27N3O2S. The maximum Gasteiger partial charge on any atom is 0.282 e. The van der Waals surface area contributed by atoms with Crippen molar-refractivity contribution in [1.82, 2.24) is 13.9 Å². The van der Waals surface area contributed by atoms with Gasteiger partial charge in [0, 0.05) is 25.2 Å². The molecule has 0 spiro atoms. The van der Waals surface area contributed by atoms with Crippen molar-refractivity contribution in [2.45, 2.75) is 58.0 Å². The van der Waals surface area contributed by atoms with Gasteiger partial charge in [0.1, 0.15) is 0 Å². The normalized spacial score (nSPS) is 27.8. The van der Waals surface area contributed by atoms with E-state index >= 15 is 0 Å². The molecule has 2 rings (SSSR count). The summed E-state index contributed by atoms with van der Waals surface area (Å²) in [6, 6.07) is 0.319. The molecule has 112 valence electrons. The van der Waals surface area contributed by atoms with Gasteiger partial charge in [-0.2, -0.15) is 17.0 Å². The second kappa shape index (κ2) is 6.52. The predicted octanol–water partition coefficient (Wildman–Crippen LogP) is 1.18. The molecule has 2 aliphatic rings. The molecule has 5 nitrogen and oxygen atoms in total. The Balaban J connectivity index is 2.14. The van der Waals surface area contributed by atoms with Crippen LogP contribution in [0.3, 0.4) is 0 Å². The van der Waals surface area contributed by atoms with E-state index in [2.05, 4.69) is 5.32 Å². The lowest BCUT2D eigenvalue weighted by atomic mass is 10.1. The molecular weight excluding hydrogens is 262 g/mol. The fraction of sp³-hybridized carbons (Fsp3) is 1.00. The quantitative estimate of drug-likeness (QED) is 0.845. The summed E-state index contributed by atoms with van der Waals surface area (Å²) in [5.74, 6) is 0. The number of piperidine rings is 2. The van der Waals surface area contributed by atoms with Gasteiger partial charge in [-0.15, -0.1) is 0 Å². The van der Waals surface area contributed by atoms with E-state index in [0.717, 1.165) is 45.2 Å². The van der Waals surface area contributed by atoms with Crippen LogP contribution in [0.4, 0.5) is 0 Å². The van der Waals surface area contributed by atoms with Crippen molar-refractivity contribution in [3.63, 3.8) is 0 Å². The van der Waals surface area contributed by atoms with Gasteiger partial charge in [-0.05, 0) is 45.7 Å². The molecule has 0 amide bonds. The van der Waals surface area contributed by atoms with Gasteiger partial charge in [0.25, 0.3) is 10.2 Å². The Morgan fingerprint density at radius 3 is 2.47 bits per heavy atom. The maximum absolute atomic E-state index is 12.9. The number of nitrogens with zero attached hydrogens (tertiary/aromatic N) is 2. The standard InChI is InChI=1S/C13H27N3O2S/c1-3-15(13-7-9-14-10-8-13)19(17,18)16-11-5-4-6-12(16)2/h12-14H,3-11H2,1-2H3. The Hall–Kier alpha value is -0.170. The second-order valence-corrected chi connectivity index (χ2v) is 7.48. The van der Waals surface area contributed by atoms with Crippen molar-refractivity contribution in [3.8, 4) is 0 Å². The van der Waals surface area contributed by atoms with Crippen LogP contribution in [-0.2, 0) is 10.2 Å². The van der Waals surface area contributed by atoms with E-state index in [1.165, 1.54) is 0 Å². The lowest BCUT2D eigenvalue weighted by molar-refractivity contribution is 0.213. The van der Waals surface area contributed by atoms with Crippen LogP contribution in [0.2, 0.25) is 0 Å². The van der Waals surface area contributed by atoms with Crippen LogP contribution in [0.15, 0.2) is 0 Å². The Bertz CT molecular complexity index is 379. The molecule has 2 heterocycles. The first-order chi connectivity index (χ1) is 9.07. The van der Waals surface area contributed by atoms with Crippen LogP contribution in [0.5, 0.6) is 0 Å². The topological polar surface area (TPSA) is 52.7 Å². The zero-order valence-electron chi connectivity index (χ0n) is 12.1. The minimum atomic E-state index is -3.28. The van der Waals surface area contributed by atoms with Crippen molar-refractivity contribution < 1.29 is 8.42 Å². The zero-order chi connectivity index (χ0) is 13.9. The first-order valence-electron chi connectivity index (χ1n) is 7.56. The van der Waals surface area contributed by atoms with Crippen molar-refractivity contribution in [2.75, 3.05) is 26.2 Å². The first-order valence-corrected chi connectivity index (χ1v) is 8.96. The molecule has 2 fully saturated rings. The molecule has 0 radical (unpaired) electrons. The Labute approximate surface area is 117 Å². The van der Waals surface area contributed by atoms with Crippen LogP contribution >= 0.6 is 0 Å². The molecule has 0 aromatic carbocycles. The lowest BCUT2D eigenvalue weighted by Gasteiger charge is -2.40.